The number of rotatable bonds is 29. The summed E-state index contributed by atoms with van der Waals surface area (Å²) in [5.74, 6) is -9.98. The Bertz CT molecular complexity index is 1860. The van der Waals surface area contributed by atoms with Crippen LogP contribution in [0.1, 0.15) is 70.8 Å². The molecule has 1 aliphatic heterocycles. The van der Waals surface area contributed by atoms with Crippen molar-refractivity contribution in [3.05, 3.63) is 35.9 Å². The summed E-state index contributed by atoms with van der Waals surface area (Å²) >= 11 is 0. The molecule has 1 aromatic rings. The van der Waals surface area contributed by atoms with Crippen molar-refractivity contribution >= 4 is 65.1 Å². The minimum atomic E-state index is -1.72. The van der Waals surface area contributed by atoms with Crippen molar-refractivity contribution in [3.8, 4) is 0 Å². The van der Waals surface area contributed by atoms with Gasteiger partial charge in [0.1, 0.15) is 36.3 Å². The van der Waals surface area contributed by atoms with Gasteiger partial charge in [-0.15, -0.1) is 0 Å². The number of nitrogens with two attached hydrogens (primary N) is 4. The third kappa shape index (κ3) is 20.9. The Hall–Kier alpha value is -6.89. The van der Waals surface area contributed by atoms with Crippen LogP contribution in [0.15, 0.2) is 35.3 Å². The molecule has 0 aliphatic carbocycles. The van der Waals surface area contributed by atoms with Crippen LogP contribution in [0, 0.1) is 5.92 Å². The number of amides is 9. The molecule has 25 heteroatoms. The molecule has 9 amide bonds. The van der Waals surface area contributed by atoms with E-state index in [0.29, 0.717) is 18.5 Å². The van der Waals surface area contributed by atoms with E-state index in [2.05, 4.69) is 47.5 Å². The van der Waals surface area contributed by atoms with E-state index in [0.717, 1.165) is 6.42 Å². The predicted molar refractivity (Wildman–Crippen MR) is 232 cm³/mol. The fourth-order valence-electron chi connectivity index (χ4n) is 6.49. The van der Waals surface area contributed by atoms with Crippen molar-refractivity contribution in [3.63, 3.8) is 0 Å². The molecule has 1 heterocycles. The normalized spacial score (nSPS) is 15.9. The molecule has 360 valence electrons. The lowest BCUT2D eigenvalue weighted by Gasteiger charge is -2.28. The quantitative estimate of drug-likeness (QED) is 0.0202. The largest absolute Gasteiger partial charge is 0.480 e. The third-order valence-corrected chi connectivity index (χ3v) is 9.80. The molecule has 0 radical (unpaired) electrons. The van der Waals surface area contributed by atoms with Gasteiger partial charge in [-0.05, 0) is 56.6 Å². The second kappa shape index (κ2) is 28.0. The highest BCUT2D eigenvalue weighted by atomic mass is 16.4. The molecule has 0 spiro atoms. The highest BCUT2D eigenvalue weighted by Gasteiger charge is 2.34. The first-order valence-electron chi connectivity index (χ1n) is 21.0. The zero-order chi connectivity index (χ0) is 48.6. The number of benzene rings is 1. The number of aliphatic imine (C=N–C) groups is 1. The Morgan fingerprint density at radius 2 is 1.29 bits per heavy atom. The van der Waals surface area contributed by atoms with E-state index < -0.39 is 134 Å². The highest BCUT2D eigenvalue weighted by molar-refractivity contribution is 5.98. The standard InChI is InChI=1S/C40H63N13O12/c1-21(2)16-26(35(60)49-24(12-13-30(41)55)34(59)53-29(20-54)38(63)50-25(39(64)65)11-7-15-46-40(43)44)51-36(61)27(17-22-8-4-3-5-9-22)52-37(62)28(18-31(42)56)48-32(57)19-47-33(58)23-10-6-14-45-23/h3-5,8-9,21,23-29,45,54H,6-7,10-20H2,1-2H3,(H2,41,55)(H2,42,56)(H,47,58)(H,48,57)(H,49,60)(H,50,63)(H,51,61)(H,52,62)(H,53,59)(H,64,65)(H4,43,44,46)/t23-,24-,25-,26-,27-,28-,29-/m0/s1. The fraction of sp³-hybridized carbons (Fsp3) is 0.575. The summed E-state index contributed by atoms with van der Waals surface area (Å²) in [5, 5.41) is 39.4. The van der Waals surface area contributed by atoms with Gasteiger partial charge in [-0.2, -0.15) is 0 Å². The molecule has 7 atom stereocenters. The van der Waals surface area contributed by atoms with E-state index in [1.165, 1.54) is 0 Å². The number of primary amides is 2. The lowest BCUT2D eigenvalue weighted by molar-refractivity contribution is -0.142. The maximum atomic E-state index is 14.1. The molecule has 0 aromatic heterocycles. The number of nitrogens with one attached hydrogen (secondary N) is 8. The van der Waals surface area contributed by atoms with Crippen LogP contribution in [0.2, 0.25) is 0 Å². The van der Waals surface area contributed by atoms with E-state index in [9.17, 15) is 58.2 Å². The van der Waals surface area contributed by atoms with Gasteiger partial charge >= 0.3 is 5.97 Å². The number of carboxylic acids is 1. The number of carbonyl (C=O) groups is 10. The van der Waals surface area contributed by atoms with Crippen LogP contribution in [-0.4, -0.2) is 144 Å². The first kappa shape index (κ1) is 54.2. The maximum absolute atomic E-state index is 14.1. The fourth-order valence-corrected chi connectivity index (χ4v) is 6.49. The van der Waals surface area contributed by atoms with Gasteiger partial charge in [-0.3, -0.25) is 48.1 Å². The summed E-state index contributed by atoms with van der Waals surface area (Å²) in [5.41, 5.74) is 21.8. The molecule has 1 saturated heterocycles. The smallest absolute Gasteiger partial charge is 0.326 e. The van der Waals surface area contributed by atoms with Gasteiger partial charge in [-0.1, -0.05) is 44.2 Å². The van der Waals surface area contributed by atoms with Crippen LogP contribution < -0.4 is 65.5 Å². The van der Waals surface area contributed by atoms with Crippen LogP contribution in [0.3, 0.4) is 0 Å². The lowest BCUT2D eigenvalue weighted by atomic mass is 10.00. The van der Waals surface area contributed by atoms with E-state index in [1.54, 1.807) is 44.2 Å². The van der Waals surface area contributed by atoms with Crippen LogP contribution in [0.4, 0.5) is 0 Å². The molecule has 1 aliphatic rings. The van der Waals surface area contributed by atoms with Gasteiger partial charge < -0.3 is 75.7 Å². The molecule has 2 rings (SSSR count). The van der Waals surface area contributed by atoms with Gasteiger partial charge in [0.15, 0.2) is 5.96 Å². The molecular formula is C40H63N13O12. The summed E-state index contributed by atoms with van der Waals surface area (Å²) in [4.78, 5) is 133. The summed E-state index contributed by atoms with van der Waals surface area (Å²) in [6, 6.07) is -1.28. The lowest BCUT2D eigenvalue weighted by Crippen LogP contribution is -2.60. The third-order valence-electron chi connectivity index (χ3n) is 9.80. The van der Waals surface area contributed by atoms with Gasteiger partial charge in [0.2, 0.25) is 53.2 Å². The Kier molecular flexibility index (Phi) is 23.4. The number of aliphatic hydroxyl groups excluding tert-OH is 1. The van der Waals surface area contributed by atoms with Crippen molar-refractivity contribution in [2.24, 2.45) is 33.8 Å². The zero-order valence-electron chi connectivity index (χ0n) is 36.4. The van der Waals surface area contributed by atoms with E-state index in [-0.39, 0.29) is 44.1 Å². The molecule has 25 nitrogen and oxygen atoms in total. The van der Waals surface area contributed by atoms with Crippen molar-refractivity contribution in [1.82, 2.24) is 42.5 Å². The Morgan fingerprint density at radius 1 is 0.723 bits per heavy atom. The number of hydrogen-bond acceptors (Lipinski definition) is 13. The molecule has 1 fully saturated rings. The Balaban J connectivity index is 2.30. The predicted octanol–water partition coefficient (Wildman–Crippen LogP) is -5.68. The number of carboxylic acid groups (broad SMARTS) is 1. The average Bonchev–Trinajstić information content (AvgIpc) is 3.79. The minimum Gasteiger partial charge on any atom is -0.480 e. The first-order chi connectivity index (χ1) is 30.7. The summed E-state index contributed by atoms with van der Waals surface area (Å²) in [6.45, 7) is 2.62. The van der Waals surface area contributed by atoms with Crippen molar-refractivity contribution in [1.29, 1.82) is 0 Å². The second-order valence-corrected chi connectivity index (χ2v) is 15.8. The zero-order valence-corrected chi connectivity index (χ0v) is 36.4. The van der Waals surface area contributed by atoms with Gasteiger partial charge in [-0.25, -0.2) is 4.79 Å². The monoisotopic (exact) mass is 917 g/mol. The topological polar surface area (TPSA) is 424 Å². The number of aliphatic carboxylic acids is 1. The van der Waals surface area contributed by atoms with Crippen LogP contribution in [-0.2, 0) is 54.4 Å². The summed E-state index contributed by atoms with van der Waals surface area (Å²) < 4.78 is 0. The number of carbonyl (C=O) groups excluding carboxylic acids is 9. The van der Waals surface area contributed by atoms with Crippen LogP contribution in [0.25, 0.3) is 0 Å². The molecular weight excluding hydrogens is 855 g/mol. The van der Waals surface area contributed by atoms with Crippen LogP contribution in [0.5, 0.6) is 0 Å². The highest BCUT2D eigenvalue weighted by Crippen LogP contribution is 2.11. The summed E-state index contributed by atoms with van der Waals surface area (Å²) in [6.07, 6.45) is -0.325. The SMILES string of the molecule is CC(C)C[C@H](NC(=O)[C@H](Cc1ccccc1)NC(=O)[C@H](CC(N)=O)NC(=O)CNC(=O)[C@@H]1CCCN1)C(=O)N[C@@H](CCC(N)=O)C(=O)N[C@@H](CO)C(=O)N[C@@H](CCCN=C(N)N)C(=O)O. The van der Waals surface area contributed by atoms with E-state index >= 15 is 0 Å². The van der Waals surface area contributed by atoms with Gasteiger partial charge in [0, 0.05) is 19.4 Å². The number of nitrogens with zero attached hydrogens (tertiary/aromatic N) is 1. The first-order valence-corrected chi connectivity index (χ1v) is 21.0. The number of guanidine groups is 1. The molecule has 0 bridgehead atoms. The maximum Gasteiger partial charge on any atom is 0.326 e. The molecule has 18 N–H and O–H groups in total. The molecule has 1 aromatic carbocycles. The molecule has 0 saturated carbocycles. The molecule has 65 heavy (non-hydrogen) atoms. The number of aliphatic hydroxyl groups is 1. The van der Waals surface area contributed by atoms with Crippen LogP contribution >= 0.6 is 0 Å². The Labute approximate surface area is 375 Å². The number of hydrogen-bond donors (Lipinski definition) is 14. The summed E-state index contributed by atoms with van der Waals surface area (Å²) in [7, 11) is 0. The molecule has 0 unspecified atom stereocenters. The van der Waals surface area contributed by atoms with E-state index in [1.807, 2.05) is 0 Å². The van der Waals surface area contributed by atoms with Gasteiger partial charge in [0.05, 0.1) is 25.6 Å². The Morgan fingerprint density at radius 3 is 1.86 bits per heavy atom. The second-order valence-electron chi connectivity index (χ2n) is 15.8. The van der Waals surface area contributed by atoms with Crippen molar-refractivity contribution in [2.75, 3.05) is 26.2 Å². The van der Waals surface area contributed by atoms with Crippen molar-refractivity contribution in [2.45, 2.75) is 114 Å². The van der Waals surface area contributed by atoms with E-state index in [4.69, 9.17) is 22.9 Å². The van der Waals surface area contributed by atoms with Gasteiger partial charge in [0.25, 0.3) is 0 Å². The average molecular weight is 918 g/mol. The van der Waals surface area contributed by atoms with Crippen molar-refractivity contribution < 1.29 is 58.2 Å². The minimum absolute atomic E-state index is 0.0301.